The van der Waals surface area contributed by atoms with Crippen molar-refractivity contribution < 1.29 is 0 Å². The van der Waals surface area contributed by atoms with Crippen molar-refractivity contribution in [2.75, 3.05) is 13.6 Å². The summed E-state index contributed by atoms with van der Waals surface area (Å²) in [4.78, 5) is 2.45. The SMILES string of the molecule is CCN(Cc1ccccc1)Cc1ccc(CNC)cc1Br. The molecule has 0 aliphatic carbocycles. The van der Waals surface area contributed by atoms with Gasteiger partial charge in [0.2, 0.25) is 0 Å². The van der Waals surface area contributed by atoms with Gasteiger partial charge in [0, 0.05) is 24.1 Å². The molecular formula is C18H23BrN2. The van der Waals surface area contributed by atoms with Crippen molar-refractivity contribution in [1.29, 1.82) is 0 Å². The highest BCUT2D eigenvalue weighted by molar-refractivity contribution is 9.10. The van der Waals surface area contributed by atoms with Gasteiger partial charge in [0.25, 0.3) is 0 Å². The fraction of sp³-hybridized carbons (Fsp3) is 0.333. The summed E-state index contributed by atoms with van der Waals surface area (Å²) in [7, 11) is 1.97. The minimum Gasteiger partial charge on any atom is -0.316 e. The highest BCUT2D eigenvalue weighted by atomic mass is 79.9. The first-order chi connectivity index (χ1) is 10.2. The number of hydrogen-bond acceptors (Lipinski definition) is 2. The van der Waals surface area contributed by atoms with E-state index in [9.17, 15) is 0 Å². The zero-order chi connectivity index (χ0) is 15.1. The second-order valence-corrected chi connectivity index (χ2v) is 6.10. The monoisotopic (exact) mass is 346 g/mol. The Morgan fingerprint density at radius 1 is 1.00 bits per heavy atom. The number of rotatable bonds is 7. The minimum absolute atomic E-state index is 0.903. The molecule has 0 fully saturated rings. The normalized spacial score (nSPS) is 11.0. The van der Waals surface area contributed by atoms with E-state index in [0.29, 0.717) is 0 Å². The summed E-state index contributed by atoms with van der Waals surface area (Å²) in [5, 5.41) is 3.18. The molecule has 112 valence electrons. The lowest BCUT2D eigenvalue weighted by Crippen LogP contribution is -2.22. The van der Waals surface area contributed by atoms with E-state index in [1.54, 1.807) is 0 Å². The zero-order valence-electron chi connectivity index (χ0n) is 12.8. The van der Waals surface area contributed by atoms with Gasteiger partial charge in [-0.2, -0.15) is 0 Å². The molecule has 0 saturated heterocycles. The molecular weight excluding hydrogens is 324 g/mol. The molecule has 0 bridgehead atoms. The van der Waals surface area contributed by atoms with Gasteiger partial charge in [0.1, 0.15) is 0 Å². The number of nitrogens with one attached hydrogen (secondary N) is 1. The maximum Gasteiger partial charge on any atom is 0.0248 e. The summed E-state index contributed by atoms with van der Waals surface area (Å²) in [5.74, 6) is 0. The molecule has 2 aromatic rings. The van der Waals surface area contributed by atoms with Gasteiger partial charge in [-0.15, -0.1) is 0 Å². The summed E-state index contributed by atoms with van der Waals surface area (Å²) in [5.41, 5.74) is 4.01. The van der Waals surface area contributed by atoms with Crippen LogP contribution in [-0.4, -0.2) is 18.5 Å². The third-order valence-corrected chi connectivity index (χ3v) is 4.33. The Morgan fingerprint density at radius 2 is 1.76 bits per heavy atom. The molecule has 0 unspecified atom stereocenters. The second-order valence-electron chi connectivity index (χ2n) is 5.24. The van der Waals surface area contributed by atoms with E-state index in [4.69, 9.17) is 0 Å². The van der Waals surface area contributed by atoms with Gasteiger partial charge in [0.05, 0.1) is 0 Å². The van der Waals surface area contributed by atoms with Crippen LogP contribution in [0, 0.1) is 0 Å². The standard InChI is InChI=1S/C18H23BrN2/c1-3-21(13-15-7-5-4-6-8-15)14-17-10-9-16(12-20-2)11-18(17)19/h4-11,20H,3,12-14H2,1-2H3. The summed E-state index contributed by atoms with van der Waals surface area (Å²) in [6.07, 6.45) is 0. The van der Waals surface area contributed by atoms with Gasteiger partial charge in [0.15, 0.2) is 0 Å². The van der Waals surface area contributed by atoms with Crippen LogP contribution in [0.25, 0.3) is 0 Å². The van der Waals surface area contributed by atoms with Crippen LogP contribution in [0.2, 0.25) is 0 Å². The molecule has 2 rings (SSSR count). The Morgan fingerprint density at radius 3 is 2.38 bits per heavy atom. The lowest BCUT2D eigenvalue weighted by molar-refractivity contribution is 0.271. The Hall–Kier alpha value is -1.16. The first kappa shape index (κ1) is 16.2. The maximum absolute atomic E-state index is 3.71. The van der Waals surface area contributed by atoms with Crippen LogP contribution in [0.5, 0.6) is 0 Å². The van der Waals surface area contributed by atoms with Crippen LogP contribution >= 0.6 is 15.9 Å². The zero-order valence-corrected chi connectivity index (χ0v) is 14.4. The minimum atomic E-state index is 0.903. The molecule has 0 radical (unpaired) electrons. The van der Waals surface area contributed by atoms with Crippen molar-refractivity contribution in [3.05, 3.63) is 69.7 Å². The molecule has 0 aliphatic rings. The summed E-state index contributed by atoms with van der Waals surface area (Å²) < 4.78 is 1.20. The Labute approximate surface area is 136 Å². The van der Waals surface area contributed by atoms with E-state index in [2.05, 4.69) is 81.6 Å². The maximum atomic E-state index is 3.71. The molecule has 0 heterocycles. The smallest absolute Gasteiger partial charge is 0.0248 e. The predicted molar refractivity (Wildman–Crippen MR) is 93.1 cm³/mol. The molecule has 1 N–H and O–H groups in total. The first-order valence-electron chi connectivity index (χ1n) is 7.41. The predicted octanol–water partition coefficient (Wildman–Crippen LogP) is 4.19. The second kappa shape index (κ2) is 8.32. The lowest BCUT2D eigenvalue weighted by Gasteiger charge is -2.21. The van der Waals surface area contributed by atoms with Crippen LogP contribution < -0.4 is 5.32 Å². The third-order valence-electron chi connectivity index (χ3n) is 3.59. The van der Waals surface area contributed by atoms with Crippen molar-refractivity contribution >= 4 is 15.9 Å². The average molecular weight is 347 g/mol. The molecule has 0 saturated carbocycles. The largest absolute Gasteiger partial charge is 0.316 e. The first-order valence-corrected chi connectivity index (χ1v) is 8.20. The Balaban J connectivity index is 2.04. The molecule has 0 atom stereocenters. The number of halogens is 1. The fourth-order valence-corrected chi connectivity index (χ4v) is 2.95. The average Bonchev–Trinajstić information content (AvgIpc) is 2.50. The van der Waals surface area contributed by atoms with Gasteiger partial charge < -0.3 is 5.32 Å². The highest BCUT2D eigenvalue weighted by Crippen LogP contribution is 2.21. The summed E-state index contributed by atoms with van der Waals surface area (Å²) in [6, 6.07) is 17.3. The topological polar surface area (TPSA) is 15.3 Å². The van der Waals surface area contributed by atoms with E-state index in [1.165, 1.54) is 21.2 Å². The van der Waals surface area contributed by atoms with Crippen LogP contribution in [0.1, 0.15) is 23.6 Å². The quantitative estimate of drug-likeness (QED) is 0.808. The van der Waals surface area contributed by atoms with Crippen molar-refractivity contribution in [1.82, 2.24) is 10.2 Å². The number of nitrogens with zero attached hydrogens (tertiary/aromatic N) is 1. The van der Waals surface area contributed by atoms with Crippen molar-refractivity contribution in [2.24, 2.45) is 0 Å². The molecule has 0 spiro atoms. The van der Waals surface area contributed by atoms with Crippen LogP contribution in [-0.2, 0) is 19.6 Å². The summed E-state index contributed by atoms with van der Waals surface area (Å²) >= 11 is 3.71. The van der Waals surface area contributed by atoms with E-state index in [0.717, 1.165) is 26.2 Å². The Kier molecular flexibility index (Phi) is 6.43. The van der Waals surface area contributed by atoms with Gasteiger partial charge >= 0.3 is 0 Å². The van der Waals surface area contributed by atoms with Crippen molar-refractivity contribution in [3.8, 4) is 0 Å². The van der Waals surface area contributed by atoms with Crippen LogP contribution in [0.4, 0.5) is 0 Å². The fourth-order valence-electron chi connectivity index (χ4n) is 2.40. The van der Waals surface area contributed by atoms with Gasteiger partial charge in [-0.25, -0.2) is 0 Å². The highest BCUT2D eigenvalue weighted by Gasteiger charge is 2.08. The molecule has 0 amide bonds. The van der Waals surface area contributed by atoms with Gasteiger partial charge in [-0.1, -0.05) is 65.3 Å². The third kappa shape index (κ3) is 4.95. The van der Waals surface area contributed by atoms with Crippen molar-refractivity contribution in [2.45, 2.75) is 26.6 Å². The summed E-state index contributed by atoms with van der Waals surface area (Å²) in [6.45, 7) is 6.11. The van der Waals surface area contributed by atoms with E-state index >= 15 is 0 Å². The molecule has 21 heavy (non-hydrogen) atoms. The number of benzene rings is 2. The van der Waals surface area contributed by atoms with Gasteiger partial charge in [-0.05, 0) is 36.3 Å². The molecule has 3 heteroatoms. The van der Waals surface area contributed by atoms with E-state index < -0.39 is 0 Å². The lowest BCUT2D eigenvalue weighted by atomic mass is 10.1. The molecule has 2 aromatic carbocycles. The number of hydrogen-bond donors (Lipinski definition) is 1. The molecule has 0 aliphatic heterocycles. The van der Waals surface area contributed by atoms with Crippen molar-refractivity contribution in [3.63, 3.8) is 0 Å². The van der Waals surface area contributed by atoms with E-state index in [-0.39, 0.29) is 0 Å². The Bertz CT molecular complexity index is 554. The molecule has 2 nitrogen and oxygen atoms in total. The van der Waals surface area contributed by atoms with Gasteiger partial charge in [-0.3, -0.25) is 4.90 Å². The van der Waals surface area contributed by atoms with Crippen LogP contribution in [0.3, 0.4) is 0 Å². The molecule has 0 aromatic heterocycles. The van der Waals surface area contributed by atoms with Crippen LogP contribution in [0.15, 0.2) is 53.0 Å². The van der Waals surface area contributed by atoms with E-state index in [1.807, 2.05) is 7.05 Å².